The van der Waals surface area contributed by atoms with Crippen molar-refractivity contribution in [3.05, 3.63) is 59.2 Å². The minimum atomic E-state index is -0.301. The number of nitrogens with one attached hydrogen (secondary N) is 2. The molecule has 174 valence electrons. The van der Waals surface area contributed by atoms with Crippen molar-refractivity contribution in [1.82, 2.24) is 15.0 Å². The first-order valence-corrected chi connectivity index (χ1v) is 12.4. The molecule has 0 saturated carbocycles. The van der Waals surface area contributed by atoms with E-state index in [1.807, 2.05) is 11.4 Å². The molecule has 0 unspecified atom stereocenters. The van der Waals surface area contributed by atoms with E-state index >= 15 is 0 Å². The molecule has 0 fully saturated rings. The number of unbranched alkanes of at least 4 members (excludes halogenated alkanes) is 1. The van der Waals surface area contributed by atoms with Gasteiger partial charge in [0.2, 0.25) is 5.91 Å². The number of anilines is 2. The summed E-state index contributed by atoms with van der Waals surface area (Å²) in [6.07, 6.45) is 7.33. The summed E-state index contributed by atoms with van der Waals surface area (Å²) in [6, 6.07) is 7.16. The van der Waals surface area contributed by atoms with Crippen molar-refractivity contribution >= 4 is 45.3 Å². The first kappa shape index (κ1) is 23.5. The number of carbonyl (C=O) groups is 2. The third kappa shape index (κ3) is 5.64. The van der Waals surface area contributed by atoms with E-state index in [0.717, 1.165) is 29.0 Å². The van der Waals surface area contributed by atoms with E-state index in [2.05, 4.69) is 27.5 Å². The maximum absolute atomic E-state index is 12.6. The predicted molar refractivity (Wildman–Crippen MR) is 136 cm³/mol. The zero-order valence-electron chi connectivity index (χ0n) is 18.7. The standard InChI is InChI=1S/C24H23N5O3S2/c1-3-4-5-22(30)27-16-11-21(34-14-16)19-13-25-12-18(28-19)15-6-7-17(20(10-15)32-2)23(31)29-24-26-8-9-33-24/h6-14H,3-5H2,1-2H3,(H,27,30)(H,26,29,31). The zero-order chi connectivity index (χ0) is 23.9. The van der Waals surface area contributed by atoms with Crippen LogP contribution in [0.3, 0.4) is 0 Å². The number of hydrogen-bond acceptors (Lipinski definition) is 8. The van der Waals surface area contributed by atoms with Crippen LogP contribution in [0.2, 0.25) is 0 Å². The van der Waals surface area contributed by atoms with Crippen LogP contribution in [-0.2, 0) is 4.79 Å². The Kier molecular flexibility index (Phi) is 7.61. The average molecular weight is 494 g/mol. The molecule has 3 aromatic heterocycles. The minimum Gasteiger partial charge on any atom is -0.496 e. The minimum absolute atomic E-state index is 0.0112. The van der Waals surface area contributed by atoms with Crippen molar-refractivity contribution in [2.45, 2.75) is 26.2 Å². The van der Waals surface area contributed by atoms with E-state index in [4.69, 9.17) is 9.72 Å². The van der Waals surface area contributed by atoms with Crippen LogP contribution < -0.4 is 15.4 Å². The van der Waals surface area contributed by atoms with Gasteiger partial charge in [0.1, 0.15) is 5.75 Å². The van der Waals surface area contributed by atoms with Gasteiger partial charge in [-0.2, -0.15) is 0 Å². The third-order valence-corrected chi connectivity index (χ3v) is 6.56. The summed E-state index contributed by atoms with van der Waals surface area (Å²) in [5, 5.41) is 9.89. The molecule has 2 N–H and O–H groups in total. The molecule has 0 bridgehead atoms. The molecule has 4 rings (SSSR count). The number of carbonyl (C=O) groups excluding carboxylic acids is 2. The van der Waals surface area contributed by atoms with E-state index in [-0.39, 0.29) is 11.8 Å². The Bertz CT molecular complexity index is 1290. The third-order valence-electron chi connectivity index (χ3n) is 4.92. The Labute approximate surface area is 205 Å². The highest BCUT2D eigenvalue weighted by Gasteiger charge is 2.16. The predicted octanol–water partition coefficient (Wildman–Crippen LogP) is 5.72. The van der Waals surface area contributed by atoms with Crippen molar-refractivity contribution in [3.8, 4) is 27.6 Å². The molecular formula is C24H23N5O3S2. The quantitative estimate of drug-likeness (QED) is 0.309. The number of ether oxygens (including phenoxy) is 1. The summed E-state index contributed by atoms with van der Waals surface area (Å²) in [5.74, 6) is 0.134. The molecule has 10 heteroatoms. The number of benzene rings is 1. The van der Waals surface area contributed by atoms with Crippen LogP contribution in [-0.4, -0.2) is 33.9 Å². The van der Waals surface area contributed by atoms with Gasteiger partial charge in [0.25, 0.3) is 5.91 Å². The molecule has 8 nitrogen and oxygen atoms in total. The highest BCUT2D eigenvalue weighted by molar-refractivity contribution is 7.14. The van der Waals surface area contributed by atoms with E-state index in [1.165, 1.54) is 29.8 Å². The molecule has 0 atom stereocenters. The fraction of sp³-hybridized carbons (Fsp3) is 0.208. The molecule has 0 aliphatic rings. The van der Waals surface area contributed by atoms with Crippen LogP contribution in [0.15, 0.2) is 53.6 Å². The van der Waals surface area contributed by atoms with Gasteiger partial charge in [0.15, 0.2) is 5.13 Å². The zero-order valence-corrected chi connectivity index (χ0v) is 20.3. The fourth-order valence-corrected chi connectivity index (χ4v) is 4.53. The lowest BCUT2D eigenvalue weighted by atomic mass is 10.1. The van der Waals surface area contributed by atoms with Crippen LogP contribution in [0, 0.1) is 0 Å². The molecular weight excluding hydrogens is 470 g/mol. The SMILES string of the molecule is CCCCC(=O)Nc1csc(-c2cncc(-c3ccc(C(=O)Nc4nccs4)c(OC)c3)n2)c1. The van der Waals surface area contributed by atoms with E-state index in [0.29, 0.717) is 34.3 Å². The van der Waals surface area contributed by atoms with E-state index in [1.54, 1.807) is 42.2 Å². The van der Waals surface area contributed by atoms with Gasteiger partial charge in [-0.25, -0.2) is 9.97 Å². The molecule has 2 amide bonds. The number of thiazole rings is 1. The number of hydrogen-bond donors (Lipinski definition) is 2. The first-order valence-electron chi connectivity index (χ1n) is 10.7. The number of rotatable bonds is 9. The largest absolute Gasteiger partial charge is 0.496 e. The summed E-state index contributed by atoms with van der Waals surface area (Å²) in [5.41, 5.74) is 3.25. The average Bonchev–Trinajstić information content (AvgIpc) is 3.54. The van der Waals surface area contributed by atoms with Crippen molar-refractivity contribution in [1.29, 1.82) is 0 Å². The van der Waals surface area contributed by atoms with Crippen molar-refractivity contribution in [3.63, 3.8) is 0 Å². The molecule has 0 spiro atoms. The molecule has 1 aromatic carbocycles. The monoisotopic (exact) mass is 493 g/mol. The second-order valence-corrected chi connectivity index (χ2v) is 9.15. The molecule has 0 radical (unpaired) electrons. The van der Waals surface area contributed by atoms with Crippen LogP contribution >= 0.6 is 22.7 Å². The Hall–Kier alpha value is -3.63. The number of nitrogens with zero attached hydrogens (tertiary/aromatic N) is 3. The van der Waals surface area contributed by atoms with Crippen molar-refractivity contribution in [2.24, 2.45) is 0 Å². The second-order valence-electron chi connectivity index (χ2n) is 7.35. The van der Waals surface area contributed by atoms with Gasteiger partial charge in [0.05, 0.1) is 47.0 Å². The number of aromatic nitrogens is 3. The number of thiophene rings is 1. The number of methoxy groups -OCH3 is 1. The van der Waals surface area contributed by atoms with Crippen molar-refractivity contribution in [2.75, 3.05) is 17.7 Å². The molecule has 34 heavy (non-hydrogen) atoms. The summed E-state index contributed by atoms with van der Waals surface area (Å²) >= 11 is 2.83. The Morgan fingerprint density at radius 1 is 1.09 bits per heavy atom. The molecule has 0 saturated heterocycles. The van der Waals surface area contributed by atoms with Crippen LogP contribution in [0.25, 0.3) is 21.8 Å². The Balaban J connectivity index is 1.53. The lowest BCUT2D eigenvalue weighted by molar-refractivity contribution is -0.116. The Morgan fingerprint density at radius 2 is 1.94 bits per heavy atom. The highest BCUT2D eigenvalue weighted by Crippen LogP contribution is 2.31. The Morgan fingerprint density at radius 3 is 2.71 bits per heavy atom. The van der Waals surface area contributed by atoms with E-state index < -0.39 is 0 Å². The van der Waals surface area contributed by atoms with Crippen molar-refractivity contribution < 1.29 is 14.3 Å². The maximum atomic E-state index is 12.6. The summed E-state index contributed by atoms with van der Waals surface area (Å²) in [7, 11) is 1.52. The summed E-state index contributed by atoms with van der Waals surface area (Å²) in [6.45, 7) is 2.06. The molecule has 4 aromatic rings. The summed E-state index contributed by atoms with van der Waals surface area (Å²) < 4.78 is 5.47. The molecule has 0 aliphatic carbocycles. The summed E-state index contributed by atoms with van der Waals surface area (Å²) in [4.78, 5) is 38.7. The van der Waals surface area contributed by atoms with Gasteiger partial charge in [-0.05, 0) is 24.6 Å². The van der Waals surface area contributed by atoms with Gasteiger partial charge >= 0.3 is 0 Å². The van der Waals surface area contributed by atoms with Crippen LogP contribution in [0.4, 0.5) is 10.8 Å². The molecule has 3 heterocycles. The maximum Gasteiger partial charge on any atom is 0.261 e. The van der Waals surface area contributed by atoms with Crippen LogP contribution in [0.1, 0.15) is 36.5 Å². The molecule has 0 aliphatic heterocycles. The lowest BCUT2D eigenvalue weighted by Crippen LogP contribution is -2.13. The topological polar surface area (TPSA) is 106 Å². The second kappa shape index (κ2) is 11.0. The van der Waals surface area contributed by atoms with Crippen LogP contribution in [0.5, 0.6) is 5.75 Å². The van der Waals surface area contributed by atoms with Gasteiger partial charge in [-0.3, -0.25) is 19.9 Å². The lowest BCUT2D eigenvalue weighted by Gasteiger charge is -2.10. The highest BCUT2D eigenvalue weighted by atomic mass is 32.1. The van der Waals surface area contributed by atoms with Gasteiger partial charge in [-0.15, -0.1) is 22.7 Å². The van der Waals surface area contributed by atoms with Gasteiger partial charge in [-0.1, -0.05) is 19.4 Å². The van der Waals surface area contributed by atoms with E-state index in [9.17, 15) is 9.59 Å². The first-order chi connectivity index (χ1) is 16.6. The van der Waals surface area contributed by atoms with Gasteiger partial charge < -0.3 is 10.1 Å². The number of amides is 2. The smallest absolute Gasteiger partial charge is 0.261 e. The fourth-order valence-electron chi connectivity index (χ4n) is 3.21. The normalized spacial score (nSPS) is 10.6. The van der Waals surface area contributed by atoms with Gasteiger partial charge in [0, 0.05) is 28.9 Å².